The minimum atomic E-state index is -1.65. The molecule has 0 amide bonds. The second-order valence-corrected chi connectivity index (χ2v) is 6.01. The van der Waals surface area contributed by atoms with Gasteiger partial charge >= 0.3 is 5.97 Å². The van der Waals surface area contributed by atoms with Gasteiger partial charge in [0, 0.05) is 12.0 Å². The Bertz CT molecular complexity index is 787. The molecule has 3 unspecified atom stereocenters. The van der Waals surface area contributed by atoms with Gasteiger partial charge in [-0.1, -0.05) is 18.2 Å². The van der Waals surface area contributed by atoms with E-state index in [0.29, 0.717) is 17.9 Å². The molecule has 0 bridgehead atoms. The Morgan fingerprint density at radius 3 is 2.91 bits per heavy atom. The van der Waals surface area contributed by atoms with Gasteiger partial charge in [-0.15, -0.1) is 0 Å². The Hall–Kier alpha value is -2.61. The monoisotopic (exact) mass is 316 g/mol. The third-order valence-electron chi connectivity index (χ3n) is 4.91. The summed E-state index contributed by atoms with van der Waals surface area (Å²) in [6, 6.07) is 6.02. The normalized spacial score (nSPS) is 32.4. The summed E-state index contributed by atoms with van der Waals surface area (Å²) in [5.41, 5.74) is -2.46. The third kappa shape index (κ3) is 1.61. The van der Waals surface area contributed by atoms with Gasteiger partial charge in [0.05, 0.1) is 12.6 Å². The fraction of sp³-hybridized carbons (Fsp3) is 0.400. The smallest absolute Gasteiger partial charge is 0.319 e. The van der Waals surface area contributed by atoms with Gasteiger partial charge in [0.2, 0.25) is 5.95 Å². The predicted octanol–water partition coefficient (Wildman–Crippen LogP) is 0.749. The molecule has 23 heavy (non-hydrogen) atoms. The van der Waals surface area contributed by atoms with E-state index in [4.69, 9.17) is 4.74 Å². The number of anilines is 1. The largest absolute Gasteiger partial charge is 0.508 e. The van der Waals surface area contributed by atoms with Crippen LogP contribution in [-0.2, 0) is 15.3 Å². The number of ether oxygens (including phenoxy) is 1. The van der Waals surface area contributed by atoms with Crippen LogP contribution in [0.5, 0.6) is 5.75 Å². The molecular weight excluding hydrogens is 300 g/mol. The number of cyclic esters (lactones) is 1. The number of para-hydroxylation sites is 1. The standard InChI is InChI=1S/C15H16N4O4/c1-14(22)15(6-7-23-12(15)21)11(9-4-2-3-5-10(9)20)18-13-16-8-17-19(13)14/h2-5,8,11,20,22H,6-7H2,1H3,(H,16,17,18). The molecule has 1 aromatic heterocycles. The SMILES string of the molecule is CC1(O)n2ncnc2NC(c2ccccc2O)C12CCOC2=O. The number of benzene rings is 1. The van der Waals surface area contributed by atoms with Crippen LogP contribution in [0.1, 0.15) is 24.9 Å². The average molecular weight is 316 g/mol. The summed E-state index contributed by atoms with van der Waals surface area (Å²) in [4.78, 5) is 16.7. The van der Waals surface area contributed by atoms with Crippen LogP contribution in [0, 0.1) is 5.41 Å². The first kappa shape index (κ1) is 14.0. The number of carbonyl (C=O) groups is 1. The molecule has 1 fully saturated rings. The molecule has 3 heterocycles. The van der Waals surface area contributed by atoms with E-state index < -0.39 is 23.2 Å². The highest BCUT2D eigenvalue weighted by atomic mass is 16.5. The number of nitrogens with one attached hydrogen (secondary N) is 1. The van der Waals surface area contributed by atoms with Crippen LogP contribution in [0.3, 0.4) is 0 Å². The van der Waals surface area contributed by atoms with Crippen molar-refractivity contribution in [3.05, 3.63) is 36.2 Å². The highest BCUT2D eigenvalue weighted by molar-refractivity contribution is 5.82. The van der Waals surface area contributed by atoms with Gasteiger partial charge in [-0.3, -0.25) is 4.79 Å². The summed E-state index contributed by atoms with van der Waals surface area (Å²) in [5.74, 6) is -0.161. The van der Waals surface area contributed by atoms with Gasteiger partial charge in [0.15, 0.2) is 5.72 Å². The maximum Gasteiger partial charge on any atom is 0.319 e. The van der Waals surface area contributed by atoms with Gasteiger partial charge < -0.3 is 20.3 Å². The van der Waals surface area contributed by atoms with Crippen molar-refractivity contribution < 1.29 is 19.7 Å². The summed E-state index contributed by atoms with van der Waals surface area (Å²) >= 11 is 0. The molecule has 2 aliphatic heterocycles. The topological polar surface area (TPSA) is 110 Å². The molecule has 0 saturated carbocycles. The van der Waals surface area contributed by atoms with E-state index in [0.717, 1.165) is 0 Å². The average Bonchev–Trinajstić information content (AvgIpc) is 3.13. The molecule has 0 radical (unpaired) electrons. The van der Waals surface area contributed by atoms with Crippen molar-refractivity contribution in [3.8, 4) is 5.75 Å². The zero-order chi connectivity index (χ0) is 16.2. The number of aromatic hydroxyl groups is 1. The number of hydrogen-bond donors (Lipinski definition) is 3. The lowest BCUT2D eigenvalue weighted by Crippen LogP contribution is -2.59. The molecule has 3 atom stereocenters. The second kappa shape index (κ2) is 4.45. The molecule has 3 N–H and O–H groups in total. The Morgan fingerprint density at radius 1 is 1.43 bits per heavy atom. The highest BCUT2D eigenvalue weighted by Crippen LogP contribution is 2.57. The number of carbonyl (C=O) groups excluding carboxylic acids is 1. The molecule has 1 aromatic carbocycles. The second-order valence-electron chi connectivity index (χ2n) is 6.01. The molecule has 8 nitrogen and oxygen atoms in total. The van der Waals surface area contributed by atoms with E-state index in [9.17, 15) is 15.0 Å². The fourth-order valence-corrected chi connectivity index (χ4v) is 3.68. The third-order valence-corrected chi connectivity index (χ3v) is 4.91. The summed E-state index contributed by atoms with van der Waals surface area (Å²) in [5, 5.41) is 28.6. The summed E-state index contributed by atoms with van der Waals surface area (Å²) in [6.45, 7) is 1.72. The molecule has 120 valence electrons. The van der Waals surface area contributed by atoms with Crippen LogP contribution in [-0.4, -0.2) is 37.6 Å². The summed E-state index contributed by atoms with van der Waals surface area (Å²) in [6.07, 6.45) is 1.60. The van der Waals surface area contributed by atoms with Gasteiger partial charge in [-0.25, -0.2) is 0 Å². The number of fused-ring (bicyclic) bond motifs is 1. The van der Waals surface area contributed by atoms with Crippen molar-refractivity contribution in [1.29, 1.82) is 0 Å². The number of aromatic nitrogens is 3. The zero-order valence-electron chi connectivity index (χ0n) is 12.4. The first-order chi connectivity index (χ1) is 11.0. The maximum absolute atomic E-state index is 12.6. The Morgan fingerprint density at radius 2 is 2.22 bits per heavy atom. The van der Waals surface area contributed by atoms with Crippen molar-refractivity contribution in [3.63, 3.8) is 0 Å². The number of hydrogen-bond acceptors (Lipinski definition) is 7. The van der Waals surface area contributed by atoms with Crippen LogP contribution in [0.4, 0.5) is 5.95 Å². The van der Waals surface area contributed by atoms with Crippen LogP contribution in [0.2, 0.25) is 0 Å². The van der Waals surface area contributed by atoms with E-state index in [1.165, 1.54) is 17.9 Å². The molecule has 0 aliphatic carbocycles. The molecule has 4 rings (SSSR count). The number of phenols is 1. The minimum absolute atomic E-state index is 0.0350. The maximum atomic E-state index is 12.6. The quantitative estimate of drug-likeness (QED) is 0.666. The van der Waals surface area contributed by atoms with Gasteiger partial charge in [0.25, 0.3) is 0 Å². The lowest BCUT2D eigenvalue weighted by Gasteiger charge is -2.48. The Kier molecular flexibility index (Phi) is 2.71. The molecular formula is C15H16N4O4. The number of aliphatic hydroxyl groups is 1. The zero-order valence-corrected chi connectivity index (χ0v) is 12.4. The van der Waals surface area contributed by atoms with Crippen molar-refractivity contribution >= 4 is 11.9 Å². The van der Waals surface area contributed by atoms with Crippen molar-refractivity contribution in [2.75, 3.05) is 11.9 Å². The molecule has 8 heteroatoms. The van der Waals surface area contributed by atoms with E-state index in [-0.39, 0.29) is 12.4 Å². The van der Waals surface area contributed by atoms with Gasteiger partial charge in [-0.05, 0) is 13.0 Å². The van der Waals surface area contributed by atoms with Gasteiger partial charge in [-0.2, -0.15) is 14.8 Å². The minimum Gasteiger partial charge on any atom is -0.508 e. The van der Waals surface area contributed by atoms with Crippen LogP contribution >= 0.6 is 0 Å². The van der Waals surface area contributed by atoms with Crippen LogP contribution in [0.25, 0.3) is 0 Å². The number of esters is 1. The van der Waals surface area contributed by atoms with E-state index >= 15 is 0 Å². The Labute approximate surface area is 131 Å². The first-order valence-electron chi connectivity index (χ1n) is 7.33. The number of rotatable bonds is 1. The lowest BCUT2D eigenvalue weighted by atomic mass is 9.67. The van der Waals surface area contributed by atoms with Crippen LogP contribution < -0.4 is 5.32 Å². The van der Waals surface area contributed by atoms with E-state index in [1.54, 1.807) is 24.3 Å². The lowest BCUT2D eigenvalue weighted by molar-refractivity contribution is -0.184. The molecule has 2 aromatic rings. The molecule has 1 saturated heterocycles. The first-order valence-corrected chi connectivity index (χ1v) is 7.33. The van der Waals surface area contributed by atoms with E-state index in [2.05, 4.69) is 15.4 Å². The van der Waals surface area contributed by atoms with Crippen molar-refractivity contribution in [2.24, 2.45) is 5.41 Å². The summed E-state index contributed by atoms with van der Waals surface area (Å²) < 4.78 is 6.47. The van der Waals surface area contributed by atoms with Crippen molar-refractivity contribution in [1.82, 2.24) is 14.8 Å². The van der Waals surface area contributed by atoms with Gasteiger partial charge in [0.1, 0.15) is 17.5 Å². The van der Waals surface area contributed by atoms with Crippen LogP contribution in [0.15, 0.2) is 30.6 Å². The summed E-state index contributed by atoms with van der Waals surface area (Å²) in [7, 11) is 0. The van der Waals surface area contributed by atoms with Crippen molar-refractivity contribution in [2.45, 2.75) is 25.1 Å². The fourth-order valence-electron chi connectivity index (χ4n) is 3.68. The Balaban J connectivity index is 1.98. The highest BCUT2D eigenvalue weighted by Gasteiger charge is 2.66. The predicted molar refractivity (Wildman–Crippen MR) is 78.4 cm³/mol. The number of phenolic OH excluding ortho intramolecular Hbond substituents is 1. The molecule has 1 spiro atoms. The molecule has 2 aliphatic rings. The van der Waals surface area contributed by atoms with E-state index in [1.807, 2.05) is 0 Å². The number of nitrogens with zero attached hydrogens (tertiary/aromatic N) is 3.